The Morgan fingerprint density at radius 3 is 2.23 bits per heavy atom. The average molecular weight is 422 g/mol. The molecule has 0 aliphatic carbocycles. The number of benzene rings is 3. The van der Waals surface area contributed by atoms with Gasteiger partial charge in [-0.1, -0.05) is 60.7 Å². The third kappa shape index (κ3) is 4.20. The summed E-state index contributed by atoms with van der Waals surface area (Å²) < 4.78 is 41.0. The summed E-state index contributed by atoms with van der Waals surface area (Å²) in [5.41, 5.74) is 4.00. The summed E-state index contributed by atoms with van der Waals surface area (Å²) in [5, 5.41) is 3.02. The Balaban J connectivity index is 2.03. The molecule has 6 heteroatoms. The van der Waals surface area contributed by atoms with Crippen LogP contribution in [0.15, 0.2) is 83.9 Å². The van der Waals surface area contributed by atoms with Crippen molar-refractivity contribution in [2.24, 2.45) is 4.99 Å². The molecule has 1 heterocycles. The maximum atomic E-state index is 13.7. The van der Waals surface area contributed by atoms with Crippen molar-refractivity contribution < 1.29 is 13.2 Å². The number of hydrogen-bond donors (Lipinski definition) is 1. The van der Waals surface area contributed by atoms with Gasteiger partial charge in [-0.25, -0.2) is 0 Å². The molecule has 1 unspecified atom stereocenters. The number of nitrogens with one attached hydrogen (secondary N) is 1. The van der Waals surface area contributed by atoms with Gasteiger partial charge in [-0.2, -0.15) is 18.2 Å². The summed E-state index contributed by atoms with van der Waals surface area (Å²) in [6.07, 6.45) is -5.30. The fourth-order valence-corrected chi connectivity index (χ4v) is 3.93. The van der Waals surface area contributed by atoms with Crippen molar-refractivity contribution in [2.45, 2.75) is 18.5 Å². The highest BCUT2D eigenvalue weighted by Gasteiger charge is 2.36. The first kappa shape index (κ1) is 20.1. The Bertz CT molecular complexity index is 1210. The molecular weight excluding hydrogens is 405 g/mol. The van der Waals surface area contributed by atoms with Gasteiger partial charge >= 0.3 is 6.18 Å². The van der Waals surface area contributed by atoms with Crippen molar-refractivity contribution >= 4 is 34.0 Å². The molecule has 0 bridgehead atoms. The summed E-state index contributed by atoms with van der Waals surface area (Å²) in [7, 11) is 0. The molecule has 0 aliphatic rings. The van der Waals surface area contributed by atoms with Crippen LogP contribution in [0.3, 0.4) is 0 Å². The summed E-state index contributed by atoms with van der Waals surface area (Å²) in [4.78, 5) is 7.35. The SMILES string of the molecule is FC(F)(F)CC(c1ccccc1)c1c(-c2ccccc2)[nH]c2ccc(N=C=S)cc12. The lowest BCUT2D eigenvalue weighted by Crippen LogP contribution is -2.15. The van der Waals surface area contributed by atoms with Crippen LogP contribution in [0.25, 0.3) is 22.2 Å². The second-order valence-corrected chi connectivity index (χ2v) is 7.18. The molecule has 1 N–H and O–H groups in total. The van der Waals surface area contributed by atoms with Crippen molar-refractivity contribution in [3.05, 3.63) is 90.0 Å². The third-order valence-electron chi connectivity index (χ3n) is 5.05. The van der Waals surface area contributed by atoms with Crippen LogP contribution in [-0.2, 0) is 0 Å². The molecule has 4 rings (SSSR count). The van der Waals surface area contributed by atoms with Crippen molar-refractivity contribution in [2.75, 3.05) is 0 Å². The second kappa shape index (κ2) is 8.27. The Hall–Kier alpha value is -3.21. The number of aromatic nitrogens is 1. The van der Waals surface area contributed by atoms with E-state index >= 15 is 0 Å². The largest absolute Gasteiger partial charge is 0.390 e. The van der Waals surface area contributed by atoms with Gasteiger partial charge in [-0.15, -0.1) is 0 Å². The first-order chi connectivity index (χ1) is 14.5. The first-order valence-corrected chi connectivity index (χ1v) is 9.78. The highest BCUT2D eigenvalue weighted by atomic mass is 32.1. The second-order valence-electron chi connectivity index (χ2n) is 7.00. The average Bonchev–Trinajstić information content (AvgIpc) is 3.11. The van der Waals surface area contributed by atoms with Crippen molar-refractivity contribution in [1.82, 2.24) is 4.98 Å². The Kier molecular flexibility index (Phi) is 5.53. The Morgan fingerprint density at radius 2 is 1.60 bits per heavy atom. The minimum atomic E-state index is -4.33. The van der Waals surface area contributed by atoms with Crippen LogP contribution in [-0.4, -0.2) is 16.3 Å². The normalized spacial score (nSPS) is 12.5. The molecule has 2 nitrogen and oxygen atoms in total. The molecule has 0 amide bonds. The van der Waals surface area contributed by atoms with Gasteiger partial charge in [-0.05, 0) is 47.1 Å². The number of nitrogens with zero attached hydrogens (tertiary/aromatic N) is 1. The quantitative estimate of drug-likeness (QED) is 0.260. The van der Waals surface area contributed by atoms with E-state index in [4.69, 9.17) is 12.2 Å². The molecule has 0 aliphatic heterocycles. The number of isothiocyanates is 1. The Morgan fingerprint density at radius 1 is 0.933 bits per heavy atom. The fraction of sp³-hybridized carbons (Fsp3) is 0.125. The molecule has 1 atom stereocenters. The predicted octanol–water partition coefficient (Wildman–Crippen LogP) is 7.65. The van der Waals surface area contributed by atoms with E-state index in [1.807, 2.05) is 36.4 Å². The zero-order valence-electron chi connectivity index (χ0n) is 15.8. The lowest BCUT2D eigenvalue weighted by atomic mass is 9.85. The number of hydrogen-bond acceptors (Lipinski definition) is 2. The molecule has 30 heavy (non-hydrogen) atoms. The molecule has 4 aromatic rings. The minimum Gasteiger partial charge on any atom is -0.354 e. The summed E-state index contributed by atoms with van der Waals surface area (Å²) in [6, 6.07) is 23.5. The maximum absolute atomic E-state index is 13.7. The molecule has 1 aromatic heterocycles. The minimum absolute atomic E-state index is 0.552. The molecule has 150 valence electrons. The highest BCUT2D eigenvalue weighted by Crippen LogP contribution is 2.44. The lowest BCUT2D eigenvalue weighted by molar-refractivity contribution is -0.136. The van der Waals surface area contributed by atoms with E-state index in [1.165, 1.54) is 0 Å². The smallest absolute Gasteiger partial charge is 0.354 e. The monoisotopic (exact) mass is 422 g/mol. The van der Waals surface area contributed by atoms with Crippen LogP contribution in [0, 0.1) is 0 Å². The molecular formula is C24H17F3N2S. The number of alkyl halides is 3. The number of aromatic amines is 1. The standard InChI is InChI=1S/C24H17F3N2S/c25-24(26,27)14-20(16-7-3-1-4-8-16)22-19-13-18(28-15-30)11-12-21(19)29-23(22)17-9-5-2-6-10-17/h1-13,20,29H,14H2. The topological polar surface area (TPSA) is 28.1 Å². The zero-order valence-corrected chi connectivity index (χ0v) is 16.6. The van der Waals surface area contributed by atoms with E-state index in [0.29, 0.717) is 27.9 Å². The van der Waals surface area contributed by atoms with E-state index in [0.717, 1.165) is 11.1 Å². The van der Waals surface area contributed by atoms with Crippen molar-refractivity contribution in [3.63, 3.8) is 0 Å². The number of fused-ring (bicyclic) bond motifs is 1. The molecule has 0 radical (unpaired) electrons. The van der Waals surface area contributed by atoms with Gasteiger partial charge in [0.2, 0.25) is 0 Å². The number of H-pyrrole nitrogens is 1. The highest BCUT2D eigenvalue weighted by molar-refractivity contribution is 7.78. The number of aliphatic imine (C=N–C) groups is 1. The van der Waals surface area contributed by atoms with Crippen LogP contribution in [0.4, 0.5) is 18.9 Å². The van der Waals surface area contributed by atoms with E-state index in [9.17, 15) is 13.2 Å². The van der Waals surface area contributed by atoms with E-state index in [2.05, 4.69) is 15.1 Å². The summed E-state index contributed by atoms with van der Waals surface area (Å²) >= 11 is 4.70. The van der Waals surface area contributed by atoms with Gasteiger partial charge in [0.1, 0.15) is 0 Å². The van der Waals surface area contributed by atoms with Gasteiger partial charge in [0, 0.05) is 16.8 Å². The van der Waals surface area contributed by atoms with E-state index < -0.39 is 18.5 Å². The van der Waals surface area contributed by atoms with Crippen LogP contribution in [0.1, 0.15) is 23.5 Å². The van der Waals surface area contributed by atoms with Crippen LogP contribution in [0.2, 0.25) is 0 Å². The van der Waals surface area contributed by atoms with Gasteiger partial charge in [0.25, 0.3) is 0 Å². The van der Waals surface area contributed by atoms with Crippen molar-refractivity contribution in [1.29, 1.82) is 0 Å². The summed E-state index contributed by atoms with van der Waals surface area (Å²) in [6.45, 7) is 0. The first-order valence-electron chi connectivity index (χ1n) is 9.37. The van der Waals surface area contributed by atoms with Crippen LogP contribution >= 0.6 is 12.2 Å². The molecule has 3 aromatic carbocycles. The molecule has 0 fully saturated rings. The van der Waals surface area contributed by atoms with Gasteiger partial charge < -0.3 is 4.98 Å². The van der Waals surface area contributed by atoms with Gasteiger partial charge in [-0.3, -0.25) is 0 Å². The van der Waals surface area contributed by atoms with Gasteiger partial charge in [0.05, 0.1) is 23.0 Å². The van der Waals surface area contributed by atoms with Crippen LogP contribution < -0.4 is 0 Å². The summed E-state index contributed by atoms with van der Waals surface area (Å²) in [5.74, 6) is -0.873. The Labute approximate surface area is 177 Å². The fourth-order valence-electron chi connectivity index (χ4n) is 3.82. The number of thiocarbonyl (C=S) groups is 1. The van der Waals surface area contributed by atoms with E-state index in [1.54, 1.807) is 42.5 Å². The van der Waals surface area contributed by atoms with Crippen molar-refractivity contribution in [3.8, 4) is 11.3 Å². The number of rotatable bonds is 5. The van der Waals surface area contributed by atoms with Gasteiger partial charge in [0.15, 0.2) is 0 Å². The number of halogens is 3. The predicted molar refractivity (Wildman–Crippen MR) is 117 cm³/mol. The molecule has 0 spiro atoms. The molecule has 0 saturated heterocycles. The molecule has 0 saturated carbocycles. The lowest BCUT2D eigenvalue weighted by Gasteiger charge is -2.21. The zero-order chi connectivity index (χ0) is 21.1. The van der Waals surface area contributed by atoms with E-state index in [-0.39, 0.29) is 0 Å². The van der Waals surface area contributed by atoms with Crippen LogP contribution in [0.5, 0.6) is 0 Å². The maximum Gasteiger partial charge on any atom is 0.390 e. The third-order valence-corrected chi connectivity index (χ3v) is 5.14.